The number of nitrogens with zero attached hydrogens (tertiary/aromatic N) is 2. The Balaban J connectivity index is 1.85. The molecule has 2 amide bonds. The minimum Gasteiger partial charge on any atom is -0.267 e. The largest absolute Gasteiger partial charge is 0.290 e. The van der Waals surface area contributed by atoms with Gasteiger partial charge in [0.25, 0.3) is 17.4 Å². The number of hydrazine groups is 1. The molecule has 2 aromatic carbocycles. The normalized spacial score (nSPS) is 10.8. The lowest BCUT2D eigenvalue weighted by molar-refractivity contribution is 0.0843. The fourth-order valence-corrected chi connectivity index (χ4v) is 3.47. The van der Waals surface area contributed by atoms with Crippen LogP contribution in [0.4, 0.5) is 0 Å². The second-order valence-electron chi connectivity index (χ2n) is 6.66. The highest BCUT2D eigenvalue weighted by Crippen LogP contribution is 2.20. The van der Waals surface area contributed by atoms with E-state index in [4.69, 9.17) is 23.2 Å². The van der Waals surface area contributed by atoms with Gasteiger partial charge >= 0.3 is 0 Å². The lowest BCUT2D eigenvalue weighted by Gasteiger charge is -2.12. The molecule has 0 saturated carbocycles. The molecule has 9 heteroatoms. The molecule has 0 fully saturated rings. The Morgan fingerprint density at radius 1 is 1.00 bits per heavy atom. The van der Waals surface area contributed by atoms with Crippen LogP contribution in [0.1, 0.15) is 47.0 Å². The Hall–Kier alpha value is -2.90. The van der Waals surface area contributed by atoms with E-state index in [9.17, 15) is 14.4 Å². The summed E-state index contributed by atoms with van der Waals surface area (Å²) in [7, 11) is 0. The number of aryl methyl sites for hydroxylation is 1. The van der Waals surface area contributed by atoms with Crippen molar-refractivity contribution in [2.45, 2.75) is 32.7 Å². The zero-order valence-electron chi connectivity index (χ0n) is 16.2. The molecule has 0 aliphatic heterocycles. The van der Waals surface area contributed by atoms with Crippen molar-refractivity contribution >= 4 is 45.8 Å². The molecular weight excluding hydrogens is 427 g/mol. The summed E-state index contributed by atoms with van der Waals surface area (Å²) in [5, 5.41) is 5.59. The van der Waals surface area contributed by atoms with Crippen LogP contribution in [0.15, 0.2) is 47.3 Å². The number of amides is 2. The van der Waals surface area contributed by atoms with Crippen molar-refractivity contribution in [1.82, 2.24) is 20.6 Å². The topological polar surface area (TPSA) is 93.1 Å². The summed E-state index contributed by atoms with van der Waals surface area (Å²) in [5.41, 5.74) is 4.60. The lowest BCUT2D eigenvalue weighted by atomic mass is 10.1. The third-order valence-electron chi connectivity index (χ3n) is 4.52. The van der Waals surface area contributed by atoms with E-state index >= 15 is 0 Å². The van der Waals surface area contributed by atoms with Crippen LogP contribution in [0.3, 0.4) is 0 Å². The Bertz CT molecular complexity index is 1160. The highest BCUT2D eigenvalue weighted by atomic mass is 35.5. The van der Waals surface area contributed by atoms with Gasteiger partial charge in [-0.25, -0.2) is 4.68 Å². The number of hydrogen-bond donors (Lipinski definition) is 2. The molecule has 1 aromatic heterocycles. The fraction of sp³-hybridized carbons (Fsp3) is 0.238. The van der Waals surface area contributed by atoms with Crippen molar-refractivity contribution in [3.63, 3.8) is 0 Å². The van der Waals surface area contributed by atoms with Gasteiger partial charge in [0.2, 0.25) is 0 Å². The second-order valence-corrected chi connectivity index (χ2v) is 7.51. The molecule has 2 N–H and O–H groups in total. The first-order valence-electron chi connectivity index (χ1n) is 9.48. The molecule has 3 aromatic rings. The van der Waals surface area contributed by atoms with E-state index in [-0.39, 0.29) is 21.8 Å². The van der Waals surface area contributed by atoms with Gasteiger partial charge in [0, 0.05) is 17.0 Å². The van der Waals surface area contributed by atoms with Gasteiger partial charge in [-0.05, 0) is 30.7 Å². The van der Waals surface area contributed by atoms with Gasteiger partial charge in [0.05, 0.1) is 16.0 Å². The number of carbonyl (C=O) groups is 2. The van der Waals surface area contributed by atoms with E-state index in [0.717, 1.165) is 19.3 Å². The van der Waals surface area contributed by atoms with Gasteiger partial charge in [0.1, 0.15) is 0 Å². The Kier molecular flexibility index (Phi) is 7.07. The maximum atomic E-state index is 12.8. The minimum absolute atomic E-state index is 0.0456. The minimum atomic E-state index is -0.645. The summed E-state index contributed by atoms with van der Waals surface area (Å²) < 4.78 is 1.30. The number of hydrogen-bond acceptors (Lipinski definition) is 4. The maximum absolute atomic E-state index is 12.8. The Labute approximate surface area is 183 Å². The van der Waals surface area contributed by atoms with Crippen molar-refractivity contribution < 1.29 is 9.59 Å². The van der Waals surface area contributed by atoms with Crippen LogP contribution in [0, 0.1) is 0 Å². The molecule has 3 rings (SSSR count). The SMILES string of the molecule is CCCCCn1nc(C(=O)NNC(=O)c2ccc(Cl)cc2Cl)c2ccccc2c1=O. The van der Waals surface area contributed by atoms with E-state index in [1.165, 1.54) is 22.9 Å². The highest BCUT2D eigenvalue weighted by molar-refractivity contribution is 6.36. The van der Waals surface area contributed by atoms with E-state index in [0.29, 0.717) is 22.3 Å². The predicted molar refractivity (Wildman–Crippen MR) is 117 cm³/mol. The molecule has 0 unspecified atom stereocenters. The van der Waals surface area contributed by atoms with Crippen molar-refractivity contribution in [2.24, 2.45) is 0 Å². The molecule has 1 heterocycles. The first kappa shape index (κ1) is 21.8. The quantitative estimate of drug-likeness (QED) is 0.442. The van der Waals surface area contributed by atoms with Crippen LogP contribution in [0.25, 0.3) is 10.8 Å². The van der Waals surface area contributed by atoms with Gasteiger partial charge < -0.3 is 0 Å². The molecule has 0 aliphatic rings. The van der Waals surface area contributed by atoms with Crippen molar-refractivity contribution in [2.75, 3.05) is 0 Å². The summed E-state index contributed by atoms with van der Waals surface area (Å²) in [4.78, 5) is 37.8. The van der Waals surface area contributed by atoms with Gasteiger partial charge in [-0.1, -0.05) is 61.2 Å². The third-order valence-corrected chi connectivity index (χ3v) is 5.07. The molecule has 0 spiro atoms. The van der Waals surface area contributed by atoms with Crippen LogP contribution in [-0.4, -0.2) is 21.6 Å². The van der Waals surface area contributed by atoms with Gasteiger partial charge in [-0.15, -0.1) is 0 Å². The van der Waals surface area contributed by atoms with Crippen LogP contribution in [-0.2, 0) is 6.54 Å². The maximum Gasteiger partial charge on any atom is 0.290 e. The lowest BCUT2D eigenvalue weighted by Crippen LogP contribution is -2.43. The zero-order chi connectivity index (χ0) is 21.7. The number of aromatic nitrogens is 2. The van der Waals surface area contributed by atoms with Crippen molar-refractivity contribution in [1.29, 1.82) is 0 Å². The number of unbranched alkanes of at least 4 members (excludes halogenated alkanes) is 2. The van der Waals surface area contributed by atoms with Gasteiger partial charge in [-0.2, -0.15) is 5.10 Å². The third kappa shape index (κ3) is 4.80. The number of nitrogens with one attached hydrogen (secondary N) is 2. The summed E-state index contributed by atoms with van der Waals surface area (Å²) >= 11 is 11.9. The van der Waals surface area contributed by atoms with E-state index in [1.807, 2.05) is 0 Å². The zero-order valence-corrected chi connectivity index (χ0v) is 17.8. The molecule has 0 saturated heterocycles. The molecule has 0 aliphatic carbocycles. The Morgan fingerprint density at radius 3 is 2.40 bits per heavy atom. The van der Waals surface area contributed by atoms with Crippen LogP contribution in [0.2, 0.25) is 10.0 Å². The predicted octanol–water partition coefficient (Wildman–Crippen LogP) is 3.97. The number of halogens is 2. The van der Waals surface area contributed by atoms with E-state index in [2.05, 4.69) is 22.9 Å². The first-order valence-corrected chi connectivity index (χ1v) is 10.2. The molecule has 156 valence electrons. The fourth-order valence-electron chi connectivity index (χ4n) is 2.98. The summed E-state index contributed by atoms with van der Waals surface area (Å²) in [6.45, 7) is 2.47. The summed E-state index contributed by atoms with van der Waals surface area (Å²) in [6, 6.07) is 11.1. The first-order chi connectivity index (χ1) is 14.4. The molecular formula is C21H20Cl2N4O3. The molecule has 0 radical (unpaired) electrons. The van der Waals surface area contributed by atoms with Gasteiger partial charge in [-0.3, -0.25) is 25.2 Å². The molecule has 0 atom stereocenters. The van der Waals surface area contributed by atoms with Crippen LogP contribution < -0.4 is 16.4 Å². The standard InChI is InChI=1S/C21H20Cl2N4O3/c1-2-3-6-11-27-21(30)15-8-5-4-7-14(15)18(26-27)20(29)25-24-19(28)16-10-9-13(22)12-17(16)23/h4-5,7-10,12H,2-3,6,11H2,1H3,(H,24,28)(H,25,29). The molecule has 7 nitrogen and oxygen atoms in total. The smallest absolute Gasteiger partial charge is 0.267 e. The number of carbonyl (C=O) groups excluding carboxylic acids is 2. The van der Waals surface area contributed by atoms with Crippen LogP contribution >= 0.6 is 23.2 Å². The van der Waals surface area contributed by atoms with E-state index < -0.39 is 11.8 Å². The van der Waals surface area contributed by atoms with Crippen LogP contribution in [0.5, 0.6) is 0 Å². The average Bonchev–Trinajstić information content (AvgIpc) is 2.73. The second kappa shape index (κ2) is 9.73. The number of rotatable bonds is 6. The number of benzene rings is 2. The van der Waals surface area contributed by atoms with Crippen molar-refractivity contribution in [3.05, 3.63) is 74.1 Å². The summed E-state index contributed by atoms with van der Waals surface area (Å²) in [6.07, 6.45) is 2.71. The number of fused-ring (bicyclic) bond motifs is 1. The summed E-state index contributed by atoms with van der Waals surface area (Å²) in [5.74, 6) is -1.25. The van der Waals surface area contributed by atoms with E-state index in [1.54, 1.807) is 24.3 Å². The molecule has 0 bridgehead atoms. The van der Waals surface area contributed by atoms with Gasteiger partial charge in [0.15, 0.2) is 5.69 Å². The van der Waals surface area contributed by atoms with Crippen molar-refractivity contribution in [3.8, 4) is 0 Å². The highest BCUT2D eigenvalue weighted by Gasteiger charge is 2.18. The Morgan fingerprint density at radius 2 is 1.70 bits per heavy atom. The average molecular weight is 447 g/mol. The monoisotopic (exact) mass is 446 g/mol. The molecule has 30 heavy (non-hydrogen) atoms.